The fourth-order valence-corrected chi connectivity index (χ4v) is 0.657. The summed E-state index contributed by atoms with van der Waals surface area (Å²) in [5.74, 6) is 9.60. The van der Waals surface area contributed by atoms with Gasteiger partial charge in [0, 0.05) is 0 Å². The highest BCUT2D eigenvalue weighted by molar-refractivity contribution is 4.45. The van der Waals surface area contributed by atoms with Gasteiger partial charge in [0.2, 0.25) is 0 Å². The molecule has 0 aromatic carbocycles. The molecule has 0 spiro atoms. The molecular weight excluding hydrogens is 144 g/mol. The lowest BCUT2D eigenvalue weighted by Gasteiger charge is -1.92. The van der Waals surface area contributed by atoms with E-state index < -0.39 is 0 Å². The molecule has 6 nitrogen and oxygen atoms in total. The summed E-state index contributed by atoms with van der Waals surface area (Å²) in [7, 11) is 0. The molecule has 0 aliphatic rings. The van der Waals surface area contributed by atoms with E-state index in [2.05, 4.69) is 20.7 Å². The molecule has 4 N–H and O–H groups in total. The summed E-state index contributed by atoms with van der Waals surface area (Å²) in [6, 6.07) is 0. The normalized spacial score (nSPS) is 11.6. The van der Waals surface area contributed by atoms with Crippen molar-refractivity contribution in [3.8, 4) is 0 Å². The number of nitrogens with zero attached hydrogens (tertiary/aromatic N) is 4. The van der Waals surface area contributed by atoms with Crippen LogP contribution in [0.2, 0.25) is 0 Å². The molecule has 0 amide bonds. The summed E-state index contributed by atoms with van der Waals surface area (Å²) in [4.78, 5) is 0. The maximum absolute atomic E-state index is 4.80. The second-order valence-electron chi connectivity index (χ2n) is 2.02. The van der Waals surface area contributed by atoms with E-state index in [-0.39, 0.29) is 0 Å². The first-order valence-corrected chi connectivity index (χ1v) is 3.55. The van der Waals surface area contributed by atoms with Crippen molar-refractivity contribution in [1.82, 2.24) is 0 Å². The van der Waals surface area contributed by atoms with Crippen LogP contribution in [0.3, 0.4) is 0 Å². The van der Waals surface area contributed by atoms with E-state index in [1.807, 2.05) is 0 Å². The smallest absolute Gasteiger partial charge is 0.0620 e. The summed E-state index contributed by atoms with van der Waals surface area (Å²) < 4.78 is 0. The van der Waals surface area contributed by atoms with Crippen molar-refractivity contribution < 1.29 is 0 Å². The van der Waals surface area contributed by atoms with Gasteiger partial charge in [-0.15, -0.1) is 0 Å². The lowest BCUT2D eigenvalue weighted by Crippen LogP contribution is -1.87. The van der Waals surface area contributed by atoms with Gasteiger partial charge in [-0.05, 0) is 19.3 Å². The zero-order valence-corrected chi connectivity index (χ0v) is 6.48. The molecule has 0 radical (unpaired) electrons. The Morgan fingerprint density at radius 2 is 1.18 bits per heavy atom. The third-order valence-electron chi connectivity index (χ3n) is 1.18. The van der Waals surface area contributed by atoms with Gasteiger partial charge >= 0.3 is 0 Å². The maximum Gasteiger partial charge on any atom is 0.0620 e. The summed E-state index contributed by atoms with van der Waals surface area (Å²) in [6.45, 7) is 1.38. The van der Waals surface area contributed by atoms with Crippen molar-refractivity contribution in [2.45, 2.75) is 19.3 Å². The fraction of sp³-hybridized carbons (Fsp3) is 1.00. The minimum atomic E-state index is 0.691. The summed E-state index contributed by atoms with van der Waals surface area (Å²) in [6.07, 6.45) is 3.03. The molecule has 11 heavy (non-hydrogen) atoms. The van der Waals surface area contributed by atoms with E-state index >= 15 is 0 Å². The number of hydrogen-bond acceptors (Lipinski definition) is 4. The zero-order chi connectivity index (χ0) is 8.36. The average molecular weight is 158 g/mol. The minimum absolute atomic E-state index is 0.691. The van der Waals surface area contributed by atoms with Gasteiger partial charge < -0.3 is 11.7 Å². The van der Waals surface area contributed by atoms with E-state index in [0.717, 1.165) is 19.3 Å². The van der Waals surface area contributed by atoms with E-state index in [1.54, 1.807) is 0 Å². The lowest BCUT2D eigenvalue weighted by atomic mass is 10.2. The quantitative estimate of drug-likeness (QED) is 0.258. The first kappa shape index (κ1) is 9.80. The second kappa shape index (κ2) is 8.80. The third kappa shape index (κ3) is 8.80. The van der Waals surface area contributed by atoms with Crippen LogP contribution < -0.4 is 11.7 Å². The van der Waals surface area contributed by atoms with E-state index in [1.165, 1.54) is 0 Å². The summed E-state index contributed by atoms with van der Waals surface area (Å²) in [5.41, 5.74) is 0. The van der Waals surface area contributed by atoms with E-state index in [9.17, 15) is 0 Å². The molecule has 0 rings (SSSR count). The van der Waals surface area contributed by atoms with Crippen LogP contribution >= 0.6 is 0 Å². The lowest BCUT2D eigenvalue weighted by molar-refractivity contribution is 0.666. The fourth-order valence-electron chi connectivity index (χ4n) is 0.657. The van der Waals surface area contributed by atoms with Gasteiger partial charge in [-0.3, -0.25) is 0 Å². The van der Waals surface area contributed by atoms with Gasteiger partial charge in [-0.2, -0.15) is 10.2 Å². The molecule has 0 heterocycles. The highest BCUT2D eigenvalue weighted by atomic mass is 15.3. The minimum Gasteiger partial charge on any atom is -0.305 e. The second-order valence-corrected chi connectivity index (χ2v) is 2.02. The van der Waals surface area contributed by atoms with Crippen molar-refractivity contribution in [2.75, 3.05) is 13.1 Å². The highest BCUT2D eigenvalue weighted by Gasteiger charge is 1.86. The zero-order valence-electron chi connectivity index (χ0n) is 6.48. The molecule has 64 valence electrons. The molecular formula is C5H14N6. The van der Waals surface area contributed by atoms with Crippen molar-refractivity contribution in [2.24, 2.45) is 32.4 Å². The maximum atomic E-state index is 4.80. The van der Waals surface area contributed by atoms with Crippen LogP contribution in [0.4, 0.5) is 0 Å². The number of nitrogens with two attached hydrogens (primary N) is 2. The molecule has 0 fully saturated rings. The van der Waals surface area contributed by atoms with Crippen LogP contribution in [0.15, 0.2) is 20.7 Å². The molecule has 0 aromatic heterocycles. The largest absolute Gasteiger partial charge is 0.305 e. The average Bonchev–Trinajstić information content (AvgIpc) is 2.03. The molecule has 0 atom stereocenters. The Bertz CT molecular complexity index is 106. The number of hydrogen-bond donors (Lipinski definition) is 2. The van der Waals surface area contributed by atoms with Gasteiger partial charge in [-0.25, -0.2) is 0 Å². The Hall–Kier alpha value is -1.20. The predicted octanol–water partition coefficient (Wildman–Crippen LogP) is 0.808. The first-order valence-electron chi connectivity index (χ1n) is 3.55. The van der Waals surface area contributed by atoms with Crippen molar-refractivity contribution in [1.29, 1.82) is 0 Å². The molecule has 0 aliphatic carbocycles. The monoisotopic (exact) mass is 158 g/mol. The number of unbranched alkanes of at least 4 members (excludes halogenated alkanes) is 2. The third-order valence-corrected chi connectivity index (χ3v) is 1.18. The molecule has 0 unspecified atom stereocenters. The molecule has 6 heteroatoms. The van der Waals surface area contributed by atoms with Crippen molar-refractivity contribution >= 4 is 0 Å². The molecule has 0 saturated carbocycles. The van der Waals surface area contributed by atoms with Crippen molar-refractivity contribution in [3.63, 3.8) is 0 Å². The Balaban J connectivity index is 2.90. The first-order chi connectivity index (χ1) is 5.41. The molecule has 0 aliphatic heterocycles. The van der Waals surface area contributed by atoms with Crippen LogP contribution in [-0.2, 0) is 0 Å². The van der Waals surface area contributed by atoms with Gasteiger partial charge in [0.25, 0.3) is 0 Å². The van der Waals surface area contributed by atoms with Crippen molar-refractivity contribution in [3.05, 3.63) is 0 Å². The van der Waals surface area contributed by atoms with E-state index in [0.29, 0.717) is 13.1 Å². The van der Waals surface area contributed by atoms with Crippen LogP contribution in [0, 0.1) is 0 Å². The molecule has 0 aromatic rings. The van der Waals surface area contributed by atoms with Gasteiger partial charge in [0.05, 0.1) is 13.1 Å². The number of rotatable bonds is 6. The highest BCUT2D eigenvalue weighted by Crippen LogP contribution is 1.95. The van der Waals surface area contributed by atoms with Gasteiger partial charge in [-0.1, -0.05) is 10.4 Å². The van der Waals surface area contributed by atoms with Gasteiger partial charge in [0.1, 0.15) is 0 Å². The van der Waals surface area contributed by atoms with Crippen LogP contribution in [0.25, 0.3) is 0 Å². The Labute approximate surface area is 65.7 Å². The molecule has 0 bridgehead atoms. The van der Waals surface area contributed by atoms with Crippen LogP contribution in [0.1, 0.15) is 19.3 Å². The van der Waals surface area contributed by atoms with Crippen LogP contribution in [0.5, 0.6) is 0 Å². The van der Waals surface area contributed by atoms with Gasteiger partial charge in [0.15, 0.2) is 0 Å². The Morgan fingerprint density at radius 3 is 1.55 bits per heavy atom. The summed E-state index contributed by atoms with van der Waals surface area (Å²) >= 11 is 0. The SMILES string of the molecule is NN=NCCCCCN=NN. The summed E-state index contributed by atoms with van der Waals surface area (Å²) in [5, 5.41) is 13.5. The van der Waals surface area contributed by atoms with E-state index in [4.69, 9.17) is 11.7 Å². The molecule has 0 saturated heterocycles. The standard InChI is InChI=1S/C5H14N6/c6-10-8-4-2-1-3-5-9-11-7/h1-5H2,(H2,6,8)(H2,7,9). The van der Waals surface area contributed by atoms with Crippen LogP contribution in [-0.4, -0.2) is 13.1 Å². The Morgan fingerprint density at radius 1 is 0.727 bits per heavy atom. The predicted molar refractivity (Wildman–Crippen MR) is 41.7 cm³/mol. The Kier molecular flexibility index (Phi) is 7.84. The topological polar surface area (TPSA) is 101 Å².